The van der Waals surface area contributed by atoms with Crippen LogP contribution in [0.25, 0.3) is 0 Å². The molecule has 0 aromatic rings. The summed E-state index contributed by atoms with van der Waals surface area (Å²) >= 11 is 0. The van der Waals surface area contributed by atoms with Crippen LogP contribution in [-0.4, -0.2) is 135 Å². The smallest absolute Gasteiger partial charge is 0.188 e. The van der Waals surface area contributed by atoms with Gasteiger partial charge in [0.25, 0.3) is 0 Å². The van der Waals surface area contributed by atoms with Crippen molar-refractivity contribution >= 4 is 11.9 Å². The van der Waals surface area contributed by atoms with E-state index < -0.39 is 103 Å². The molecule has 0 spiro atoms. The van der Waals surface area contributed by atoms with Gasteiger partial charge in [-0.2, -0.15) is 0 Å². The van der Waals surface area contributed by atoms with Crippen molar-refractivity contribution in [3.8, 4) is 0 Å². The third-order valence-corrected chi connectivity index (χ3v) is 7.06. The summed E-state index contributed by atoms with van der Waals surface area (Å²) in [6.07, 6.45) is -10.2. The topological polar surface area (TPSA) is 297 Å². The number of likely N-dealkylation sites (N-methyl/N-ethyl adjacent to an activating group) is 1. The molecule has 38 heavy (non-hydrogen) atoms. The first kappa shape index (κ1) is 30.2. The van der Waals surface area contributed by atoms with Crippen LogP contribution in [0.15, 0.2) is 16.8 Å². The molecule has 3 rings (SSSR count). The quantitative estimate of drug-likeness (QED) is 0.0993. The van der Waals surface area contributed by atoms with Gasteiger partial charge in [0.1, 0.15) is 54.0 Å². The van der Waals surface area contributed by atoms with Gasteiger partial charge in [-0.1, -0.05) is 0 Å². The molecule has 17 heteroatoms. The molecule has 13 unspecified atom stereocenters. The van der Waals surface area contributed by atoms with Crippen LogP contribution in [0.2, 0.25) is 0 Å². The number of ether oxygens (including phenoxy) is 4. The van der Waals surface area contributed by atoms with Crippen molar-refractivity contribution in [3.05, 3.63) is 11.8 Å². The van der Waals surface area contributed by atoms with Gasteiger partial charge in [-0.05, 0) is 27.0 Å². The lowest BCUT2D eigenvalue weighted by molar-refractivity contribution is -0.310. The molecule has 17 nitrogen and oxygen atoms in total. The number of guanidine groups is 2. The molecule has 0 saturated carbocycles. The highest BCUT2D eigenvalue weighted by Gasteiger charge is 2.57. The zero-order chi connectivity index (χ0) is 28.5. The normalized spacial score (nSPS) is 45.3. The largest absolute Gasteiger partial charge is 0.510 e. The molecule has 0 radical (unpaired) electrons. The van der Waals surface area contributed by atoms with Gasteiger partial charge >= 0.3 is 0 Å². The predicted octanol–water partition coefficient (Wildman–Crippen LogP) is -5.41. The monoisotopic (exact) mass is 549 g/mol. The third-order valence-electron chi connectivity index (χ3n) is 7.06. The van der Waals surface area contributed by atoms with Gasteiger partial charge in [-0.25, -0.2) is 4.99 Å². The van der Waals surface area contributed by atoms with Crippen molar-refractivity contribution in [2.45, 2.75) is 92.9 Å². The summed E-state index contributed by atoms with van der Waals surface area (Å²) in [6, 6.07) is -3.38. The van der Waals surface area contributed by atoms with Crippen LogP contribution < -0.4 is 27.8 Å². The zero-order valence-corrected chi connectivity index (χ0v) is 21.2. The second kappa shape index (κ2) is 11.8. The van der Waals surface area contributed by atoms with E-state index >= 15 is 0 Å². The SMILES string of the molecule is CNC1C(OC2C(OC3C=C(O)C(N=C(N)N)C(O)C3NC(=N)N)OC(C)C2(C)O)OC(CO)C(O)C1O. The van der Waals surface area contributed by atoms with Crippen LogP contribution in [0, 0.1) is 5.41 Å². The summed E-state index contributed by atoms with van der Waals surface area (Å²) in [7, 11) is 1.50. The lowest BCUT2D eigenvalue weighted by Crippen LogP contribution is -2.65. The molecule has 2 heterocycles. The van der Waals surface area contributed by atoms with Gasteiger partial charge in [0.15, 0.2) is 24.5 Å². The predicted molar refractivity (Wildman–Crippen MR) is 130 cm³/mol. The fourth-order valence-electron chi connectivity index (χ4n) is 4.74. The molecule has 0 aromatic heterocycles. The van der Waals surface area contributed by atoms with E-state index in [1.165, 1.54) is 20.0 Å². The molecule has 13 atom stereocenters. The fraction of sp³-hybridized carbons (Fsp3) is 0.810. The lowest BCUT2D eigenvalue weighted by Gasteiger charge is -2.44. The molecule has 1 aliphatic carbocycles. The number of nitrogens with two attached hydrogens (primary N) is 3. The van der Waals surface area contributed by atoms with Crippen molar-refractivity contribution in [1.82, 2.24) is 10.6 Å². The Morgan fingerprint density at radius 3 is 2.32 bits per heavy atom. The Morgan fingerprint density at radius 1 is 1.11 bits per heavy atom. The van der Waals surface area contributed by atoms with Gasteiger partial charge in [0.05, 0.1) is 24.8 Å². The van der Waals surface area contributed by atoms with E-state index in [0.29, 0.717) is 0 Å². The highest BCUT2D eigenvalue weighted by atomic mass is 16.8. The highest BCUT2D eigenvalue weighted by molar-refractivity contribution is 5.76. The Balaban J connectivity index is 1.90. The fourth-order valence-corrected chi connectivity index (χ4v) is 4.74. The molecular formula is C21H39N7O10. The lowest BCUT2D eigenvalue weighted by atomic mass is 9.90. The minimum absolute atomic E-state index is 0.396. The summed E-state index contributed by atoms with van der Waals surface area (Å²) in [4.78, 5) is 3.81. The number of aliphatic hydroxyl groups excluding tert-OH is 5. The number of nitrogens with zero attached hydrogens (tertiary/aromatic N) is 1. The Bertz CT molecular complexity index is 904. The van der Waals surface area contributed by atoms with Gasteiger partial charge in [0, 0.05) is 0 Å². The van der Waals surface area contributed by atoms with Gasteiger partial charge in [-0.3, -0.25) is 5.41 Å². The third kappa shape index (κ3) is 5.96. The van der Waals surface area contributed by atoms with Crippen molar-refractivity contribution in [2.24, 2.45) is 22.2 Å². The summed E-state index contributed by atoms with van der Waals surface area (Å²) in [5, 5.41) is 75.8. The number of rotatable bonds is 8. The molecule has 218 valence electrons. The standard InChI is InChI=1S/C21H39N7O10/c1-6-21(2,34)16(38-17-12(26-3)15(33)13(31)9(5-29)37-17)18(35-6)36-8-4-7(30)10(27-19(22)23)14(32)11(8)28-20(24)25/h4,6,8-18,26,29-34H,5H2,1-3H3,(H4,22,23,27)(H4,24,25,28). The van der Waals surface area contributed by atoms with Crippen molar-refractivity contribution in [3.63, 3.8) is 0 Å². The number of aliphatic imine (C=N–C) groups is 1. The van der Waals surface area contributed by atoms with E-state index in [1.807, 2.05) is 0 Å². The molecule has 0 aromatic carbocycles. The van der Waals surface area contributed by atoms with E-state index in [1.54, 1.807) is 6.92 Å². The highest BCUT2D eigenvalue weighted by Crippen LogP contribution is 2.38. The van der Waals surface area contributed by atoms with E-state index in [9.17, 15) is 30.6 Å². The van der Waals surface area contributed by atoms with Crippen molar-refractivity contribution in [1.29, 1.82) is 5.41 Å². The maximum atomic E-state index is 11.2. The Labute approximate surface area is 218 Å². The van der Waals surface area contributed by atoms with E-state index in [0.717, 1.165) is 0 Å². The van der Waals surface area contributed by atoms with Crippen LogP contribution >= 0.6 is 0 Å². The number of nitrogens with one attached hydrogen (secondary N) is 3. The van der Waals surface area contributed by atoms with E-state index in [-0.39, 0.29) is 0 Å². The second-order valence-electron chi connectivity index (χ2n) is 9.72. The van der Waals surface area contributed by atoms with Crippen LogP contribution in [0.3, 0.4) is 0 Å². The Kier molecular flexibility index (Phi) is 9.40. The van der Waals surface area contributed by atoms with Crippen LogP contribution in [0.5, 0.6) is 0 Å². The van der Waals surface area contributed by atoms with Gasteiger partial charge < -0.3 is 77.4 Å². The van der Waals surface area contributed by atoms with Crippen molar-refractivity contribution in [2.75, 3.05) is 13.7 Å². The zero-order valence-electron chi connectivity index (χ0n) is 21.2. The van der Waals surface area contributed by atoms with Crippen LogP contribution in [-0.2, 0) is 18.9 Å². The van der Waals surface area contributed by atoms with Crippen LogP contribution in [0.1, 0.15) is 13.8 Å². The summed E-state index contributed by atoms with van der Waals surface area (Å²) in [6.45, 7) is 2.39. The minimum Gasteiger partial charge on any atom is -0.510 e. The first-order valence-corrected chi connectivity index (χ1v) is 12.0. The Hall–Kier alpha value is -2.32. The van der Waals surface area contributed by atoms with Crippen LogP contribution in [0.4, 0.5) is 0 Å². The molecule has 2 fully saturated rings. The molecule has 0 amide bonds. The second-order valence-corrected chi connectivity index (χ2v) is 9.72. The molecule has 3 aliphatic rings. The van der Waals surface area contributed by atoms with E-state index in [2.05, 4.69) is 15.6 Å². The van der Waals surface area contributed by atoms with Gasteiger partial charge in [-0.15, -0.1) is 0 Å². The maximum absolute atomic E-state index is 11.2. The minimum atomic E-state index is -1.68. The number of hydrogen-bond donors (Lipinski definition) is 12. The first-order chi connectivity index (χ1) is 17.7. The molecule has 0 bridgehead atoms. The molecule has 2 saturated heterocycles. The summed E-state index contributed by atoms with van der Waals surface area (Å²) in [5.74, 6) is -1.34. The molecule has 15 N–H and O–H groups in total. The van der Waals surface area contributed by atoms with E-state index in [4.69, 9.17) is 41.6 Å². The number of hydrogen-bond acceptors (Lipinski definition) is 13. The number of aliphatic hydroxyl groups is 6. The maximum Gasteiger partial charge on any atom is 0.188 e. The average Bonchev–Trinajstić information content (AvgIpc) is 3.03. The molecular weight excluding hydrogens is 510 g/mol. The van der Waals surface area contributed by atoms with Gasteiger partial charge in [0.2, 0.25) is 0 Å². The first-order valence-electron chi connectivity index (χ1n) is 12.0. The average molecular weight is 550 g/mol. The summed E-state index contributed by atoms with van der Waals surface area (Å²) < 4.78 is 23.5. The molecule has 2 aliphatic heterocycles. The summed E-state index contributed by atoms with van der Waals surface area (Å²) in [5.41, 5.74) is 14.6. The Morgan fingerprint density at radius 2 is 1.76 bits per heavy atom. The van der Waals surface area contributed by atoms with Crippen molar-refractivity contribution < 1.29 is 49.6 Å².